The summed E-state index contributed by atoms with van der Waals surface area (Å²) >= 11 is 0. The van der Waals surface area contributed by atoms with Crippen LogP contribution in [-0.4, -0.2) is 23.2 Å². The quantitative estimate of drug-likeness (QED) is 0.448. The third-order valence-electron chi connectivity index (χ3n) is 2.69. The van der Waals surface area contributed by atoms with E-state index in [9.17, 15) is 10.1 Å². The van der Waals surface area contributed by atoms with E-state index < -0.39 is 5.09 Å². The molecule has 0 saturated heterocycles. The Morgan fingerprint density at radius 1 is 1.37 bits per heavy atom. The molecule has 102 valence electrons. The third-order valence-corrected chi connectivity index (χ3v) is 2.69. The van der Waals surface area contributed by atoms with Crippen molar-refractivity contribution >= 4 is 16.8 Å². The number of furan rings is 1. The summed E-state index contributed by atoms with van der Waals surface area (Å²) in [6, 6.07) is 3.69. The lowest BCUT2D eigenvalue weighted by Gasteiger charge is -2.05. The fraction of sp³-hybridized carbons (Fsp3) is 0.417. The molecule has 0 aliphatic carbocycles. The maximum atomic E-state index is 9.93. The van der Waals surface area contributed by atoms with Crippen LogP contribution in [0.15, 0.2) is 29.0 Å². The molecule has 0 radical (unpaired) electrons. The van der Waals surface area contributed by atoms with Crippen LogP contribution >= 0.6 is 0 Å². The maximum Gasteiger partial charge on any atom is 0.294 e. The number of nitrogens with one attached hydrogen (secondary N) is 1. The van der Waals surface area contributed by atoms with Crippen molar-refractivity contribution in [1.29, 1.82) is 0 Å². The molecule has 19 heavy (non-hydrogen) atoms. The van der Waals surface area contributed by atoms with Crippen LogP contribution in [-0.2, 0) is 4.84 Å². The first kappa shape index (κ1) is 13.1. The van der Waals surface area contributed by atoms with Crippen molar-refractivity contribution < 1.29 is 14.3 Å². The van der Waals surface area contributed by atoms with Gasteiger partial charge in [-0.05, 0) is 31.4 Å². The Morgan fingerprint density at radius 3 is 3.11 bits per heavy atom. The van der Waals surface area contributed by atoms with E-state index in [4.69, 9.17) is 4.42 Å². The highest BCUT2D eigenvalue weighted by molar-refractivity contribution is 5.87. The number of nitrogens with zero attached hydrogens (tertiary/aromatic N) is 2. The molecule has 7 heteroatoms. The predicted molar refractivity (Wildman–Crippen MR) is 69.3 cm³/mol. The van der Waals surface area contributed by atoms with Gasteiger partial charge < -0.3 is 14.6 Å². The highest BCUT2D eigenvalue weighted by Gasteiger charge is 2.03. The van der Waals surface area contributed by atoms with Crippen molar-refractivity contribution in [2.24, 2.45) is 0 Å². The summed E-state index contributed by atoms with van der Waals surface area (Å²) in [5, 5.41) is 13.3. The van der Waals surface area contributed by atoms with Crippen molar-refractivity contribution in [3.8, 4) is 0 Å². The molecule has 2 heterocycles. The molecule has 0 bridgehead atoms. The molecule has 0 saturated carbocycles. The first-order chi connectivity index (χ1) is 9.27. The van der Waals surface area contributed by atoms with Gasteiger partial charge in [-0.3, -0.25) is 0 Å². The van der Waals surface area contributed by atoms with Crippen molar-refractivity contribution in [2.45, 2.75) is 19.3 Å². The fourth-order valence-electron chi connectivity index (χ4n) is 1.79. The molecule has 0 aromatic carbocycles. The van der Waals surface area contributed by atoms with E-state index in [1.807, 2.05) is 12.1 Å². The number of aromatic nitrogens is 1. The van der Waals surface area contributed by atoms with Gasteiger partial charge in [0.1, 0.15) is 11.4 Å². The standard InChI is InChI=1S/C12H15N3O4/c16-15(17)19-8-3-1-2-6-13-12-10-5-9-18-11(10)4-7-14-12/h4-5,7,9H,1-3,6,8H2,(H,13,14). The molecular formula is C12H15N3O4. The number of unbranched alkanes of at least 4 members (excludes halogenated alkanes) is 2. The zero-order chi connectivity index (χ0) is 13.5. The molecule has 7 nitrogen and oxygen atoms in total. The molecule has 1 N–H and O–H groups in total. The first-order valence-electron chi connectivity index (χ1n) is 6.11. The zero-order valence-electron chi connectivity index (χ0n) is 10.4. The predicted octanol–water partition coefficient (Wildman–Crippen LogP) is 2.62. The Kier molecular flexibility index (Phi) is 4.54. The van der Waals surface area contributed by atoms with Crippen LogP contribution in [0.25, 0.3) is 11.0 Å². The highest BCUT2D eigenvalue weighted by Crippen LogP contribution is 2.21. The van der Waals surface area contributed by atoms with Crippen LogP contribution in [0, 0.1) is 10.1 Å². The number of fused-ring (bicyclic) bond motifs is 1. The molecule has 0 fully saturated rings. The van der Waals surface area contributed by atoms with E-state index >= 15 is 0 Å². The van der Waals surface area contributed by atoms with Gasteiger partial charge in [-0.15, -0.1) is 10.1 Å². The molecule has 0 aliphatic rings. The van der Waals surface area contributed by atoms with E-state index in [-0.39, 0.29) is 6.61 Å². The van der Waals surface area contributed by atoms with E-state index in [2.05, 4.69) is 15.1 Å². The Hall–Kier alpha value is -2.31. The van der Waals surface area contributed by atoms with E-state index in [1.54, 1.807) is 12.5 Å². The summed E-state index contributed by atoms with van der Waals surface area (Å²) in [7, 11) is 0. The Bertz CT molecular complexity index is 541. The fourth-order valence-corrected chi connectivity index (χ4v) is 1.79. The molecule has 2 aromatic rings. The summed E-state index contributed by atoms with van der Waals surface area (Å²) in [5.41, 5.74) is 0.803. The molecule has 0 unspecified atom stereocenters. The van der Waals surface area contributed by atoms with E-state index in [1.165, 1.54) is 0 Å². The Morgan fingerprint density at radius 2 is 2.26 bits per heavy atom. The van der Waals surface area contributed by atoms with Crippen LogP contribution in [0.2, 0.25) is 0 Å². The number of hydrogen-bond acceptors (Lipinski definition) is 6. The number of pyridine rings is 1. The summed E-state index contributed by atoms with van der Waals surface area (Å²) in [4.78, 5) is 18.4. The van der Waals surface area contributed by atoms with Gasteiger partial charge in [0.15, 0.2) is 0 Å². The monoisotopic (exact) mass is 265 g/mol. The van der Waals surface area contributed by atoms with Crippen LogP contribution < -0.4 is 5.32 Å². The second-order valence-corrected chi connectivity index (χ2v) is 4.04. The lowest BCUT2D eigenvalue weighted by atomic mass is 10.2. The van der Waals surface area contributed by atoms with Crippen molar-refractivity contribution in [3.63, 3.8) is 0 Å². The third kappa shape index (κ3) is 3.84. The van der Waals surface area contributed by atoms with Crippen LogP contribution in [0.5, 0.6) is 0 Å². The minimum Gasteiger partial charge on any atom is -0.464 e. The van der Waals surface area contributed by atoms with Crippen molar-refractivity contribution in [1.82, 2.24) is 4.98 Å². The highest BCUT2D eigenvalue weighted by atomic mass is 16.9. The summed E-state index contributed by atoms with van der Waals surface area (Å²) in [5.74, 6) is 0.799. The Balaban J connectivity index is 1.68. The molecule has 0 atom stereocenters. The van der Waals surface area contributed by atoms with Crippen molar-refractivity contribution in [2.75, 3.05) is 18.5 Å². The maximum absolute atomic E-state index is 9.93. The van der Waals surface area contributed by atoms with Gasteiger partial charge in [-0.2, -0.15) is 0 Å². The van der Waals surface area contributed by atoms with E-state index in [0.29, 0.717) is 6.42 Å². The van der Waals surface area contributed by atoms with Gasteiger partial charge in [-0.1, -0.05) is 0 Å². The normalized spacial score (nSPS) is 10.5. The van der Waals surface area contributed by atoms with Crippen LogP contribution in [0.1, 0.15) is 19.3 Å². The first-order valence-corrected chi connectivity index (χ1v) is 6.11. The summed E-state index contributed by atoms with van der Waals surface area (Å²) in [6.45, 7) is 0.915. The number of rotatable bonds is 8. The lowest BCUT2D eigenvalue weighted by molar-refractivity contribution is -0.757. The average molecular weight is 265 g/mol. The minimum absolute atomic E-state index is 0.155. The number of anilines is 1. The topological polar surface area (TPSA) is 90.4 Å². The molecule has 0 amide bonds. The molecule has 2 aromatic heterocycles. The molecular weight excluding hydrogens is 250 g/mol. The summed E-state index contributed by atoms with van der Waals surface area (Å²) in [6.07, 6.45) is 5.76. The van der Waals surface area contributed by atoms with Crippen LogP contribution in [0.4, 0.5) is 5.82 Å². The number of hydrogen-bond donors (Lipinski definition) is 1. The SMILES string of the molecule is O=[N+]([O-])OCCCCCNc1nccc2occc12. The van der Waals surface area contributed by atoms with Crippen molar-refractivity contribution in [3.05, 3.63) is 34.7 Å². The van der Waals surface area contributed by atoms with Gasteiger partial charge in [0.2, 0.25) is 0 Å². The smallest absolute Gasteiger partial charge is 0.294 e. The average Bonchev–Trinajstić information content (AvgIpc) is 2.86. The van der Waals surface area contributed by atoms with Gasteiger partial charge in [0, 0.05) is 12.7 Å². The van der Waals surface area contributed by atoms with Gasteiger partial charge in [0.05, 0.1) is 18.3 Å². The molecule has 0 aliphatic heterocycles. The Labute approximate surface area is 109 Å². The van der Waals surface area contributed by atoms with Crippen LogP contribution in [0.3, 0.4) is 0 Å². The summed E-state index contributed by atoms with van der Waals surface area (Å²) < 4.78 is 5.28. The minimum atomic E-state index is -0.762. The van der Waals surface area contributed by atoms with E-state index in [0.717, 1.165) is 36.2 Å². The lowest BCUT2D eigenvalue weighted by Crippen LogP contribution is -2.05. The second kappa shape index (κ2) is 6.58. The van der Waals surface area contributed by atoms with Gasteiger partial charge in [-0.25, -0.2) is 4.98 Å². The molecule has 2 rings (SSSR count). The van der Waals surface area contributed by atoms with Gasteiger partial charge in [0.25, 0.3) is 5.09 Å². The molecule has 0 spiro atoms. The zero-order valence-corrected chi connectivity index (χ0v) is 10.4. The second-order valence-electron chi connectivity index (χ2n) is 4.04. The van der Waals surface area contributed by atoms with Gasteiger partial charge >= 0.3 is 0 Å². The largest absolute Gasteiger partial charge is 0.464 e.